The highest BCUT2D eigenvalue weighted by Crippen LogP contribution is 2.40. The Labute approximate surface area is 121 Å². The van der Waals surface area contributed by atoms with E-state index in [-0.39, 0.29) is 5.82 Å². The minimum Gasteiger partial charge on any atom is -0.324 e. The summed E-state index contributed by atoms with van der Waals surface area (Å²) in [4.78, 5) is 0. The normalized spacial score (nSPS) is 14.8. The molecule has 2 aromatic carbocycles. The summed E-state index contributed by atoms with van der Waals surface area (Å²) >= 11 is 0. The van der Waals surface area contributed by atoms with Gasteiger partial charge >= 0.3 is 0 Å². The zero-order valence-electron chi connectivity index (χ0n) is 11.5. The van der Waals surface area contributed by atoms with Gasteiger partial charge in [-0.2, -0.15) is 0 Å². The van der Waals surface area contributed by atoms with E-state index in [9.17, 15) is 4.39 Å². The van der Waals surface area contributed by atoms with Crippen molar-refractivity contribution in [2.45, 2.75) is 25.4 Å². The number of nitrogens with zero attached hydrogens (tertiary/aromatic N) is 3. The highest BCUT2D eigenvalue weighted by Gasteiger charge is 2.30. The van der Waals surface area contributed by atoms with E-state index in [1.54, 1.807) is 12.1 Å². The van der Waals surface area contributed by atoms with Crippen LogP contribution in [0.25, 0.3) is 22.2 Å². The third-order valence-corrected chi connectivity index (χ3v) is 3.97. The van der Waals surface area contributed by atoms with Gasteiger partial charge in [-0.1, -0.05) is 24.3 Å². The van der Waals surface area contributed by atoms with Crippen molar-refractivity contribution in [1.82, 2.24) is 14.8 Å². The molecule has 4 nitrogen and oxygen atoms in total. The molecule has 5 heteroatoms. The van der Waals surface area contributed by atoms with E-state index >= 15 is 0 Å². The molecule has 0 unspecified atom stereocenters. The molecule has 106 valence electrons. The van der Waals surface area contributed by atoms with E-state index < -0.39 is 0 Å². The Morgan fingerprint density at radius 2 is 1.86 bits per heavy atom. The highest BCUT2D eigenvalue weighted by molar-refractivity contribution is 5.95. The topological polar surface area (TPSA) is 56.7 Å². The summed E-state index contributed by atoms with van der Waals surface area (Å²) in [5, 5.41) is 9.97. The summed E-state index contributed by atoms with van der Waals surface area (Å²) in [5.74, 6) is 1.36. The smallest absolute Gasteiger partial charge is 0.164 e. The predicted molar refractivity (Wildman–Crippen MR) is 79.1 cm³/mol. The molecule has 1 aliphatic rings. The predicted octanol–water partition coefficient (Wildman–Crippen LogP) is 3.03. The van der Waals surface area contributed by atoms with Crippen molar-refractivity contribution >= 4 is 10.8 Å². The van der Waals surface area contributed by atoms with Crippen LogP contribution in [0.4, 0.5) is 4.39 Å². The van der Waals surface area contributed by atoms with Gasteiger partial charge in [0.2, 0.25) is 0 Å². The van der Waals surface area contributed by atoms with Crippen LogP contribution < -0.4 is 5.73 Å². The van der Waals surface area contributed by atoms with Gasteiger partial charge in [-0.3, -0.25) is 0 Å². The monoisotopic (exact) mass is 282 g/mol. The second-order valence-electron chi connectivity index (χ2n) is 5.39. The van der Waals surface area contributed by atoms with Crippen LogP contribution in [0.3, 0.4) is 0 Å². The number of hydrogen-bond donors (Lipinski definition) is 1. The first-order valence-corrected chi connectivity index (χ1v) is 7.11. The zero-order valence-corrected chi connectivity index (χ0v) is 11.5. The number of nitrogens with two attached hydrogens (primary N) is 1. The Morgan fingerprint density at radius 1 is 1.10 bits per heavy atom. The summed E-state index contributed by atoms with van der Waals surface area (Å²) in [7, 11) is 0. The van der Waals surface area contributed by atoms with E-state index in [4.69, 9.17) is 5.73 Å². The minimum atomic E-state index is -0.217. The number of rotatable bonds is 3. The second-order valence-corrected chi connectivity index (χ2v) is 5.39. The van der Waals surface area contributed by atoms with E-state index in [0.29, 0.717) is 18.0 Å². The van der Waals surface area contributed by atoms with Gasteiger partial charge in [0.15, 0.2) is 5.82 Å². The molecule has 2 N–H and O–H groups in total. The van der Waals surface area contributed by atoms with Gasteiger partial charge < -0.3 is 10.3 Å². The van der Waals surface area contributed by atoms with Gasteiger partial charge in [0.05, 0.1) is 6.54 Å². The van der Waals surface area contributed by atoms with Crippen molar-refractivity contribution in [3.05, 3.63) is 48.0 Å². The molecule has 1 fully saturated rings. The first-order chi connectivity index (χ1) is 10.3. The number of aromatic nitrogens is 3. The molecule has 0 spiro atoms. The molecule has 0 saturated heterocycles. The standard InChI is InChI=1S/C16H15FN4/c17-14-8-7-13(11-3-1-2-4-12(11)14)16-20-19-15(9-18)21(16)10-5-6-10/h1-4,7-8,10H,5-6,9,18H2. The molecule has 21 heavy (non-hydrogen) atoms. The first-order valence-electron chi connectivity index (χ1n) is 7.11. The third-order valence-electron chi connectivity index (χ3n) is 3.97. The van der Waals surface area contributed by atoms with Crippen molar-refractivity contribution in [3.8, 4) is 11.4 Å². The van der Waals surface area contributed by atoms with Crippen molar-refractivity contribution in [2.24, 2.45) is 5.73 Å². The molecule has 0 amide bonds. The van der Waals surface area contributed by atoms with Gasteiger partial charge in [-0.05, 0) is 30.4 Å². The molecule has 0 aliphatic heterocycles. The molecular formula is C16H15FN4. The summed E-state index contributed by atoms with van der Waals surface area (Å²) in [6.45, 7) is 0.364. The van der Waals surface area contributed by atoms with Crippen LogP contribution >= 0.6 is 0 Å². The Bertz CT molecular complexity index is 820. The van der Waals surface area contributed by atoms with Gasteiger partial charge in [0.25, 0.3) is 0 Å². The maximum absolute atomic E-state index is 14.0. The zero-order chi connectivity index (χ0) is 14.4. The number of halogens is 1. The van der Waals surface area contributed by atoms with Gasteiger partial charge in [0, 0.05) is 17.0 Å². The third kappa shape index (κ3) is 1.93. The number of benzene rings is 2. The fourth-order valence-electron chi connectivity index (χ4n) is 2.82. The van der Waals surface area contributed by atoms with E-state index in [0.717, 1.165) is 35.4 Å². The fourth-order valence-corrected chi connectivity index (χ4v) is 2.82. The molecule has 4 rings (SSSR count). The van der Waals surface area contributed by atoms with Crippen LogP contribution in [-0.4, -0.2) is 14.8 Å². The Morgan fingerprint density at radius 3 is 2.57 bits per heavy atom. The van der Waals surface area contributed by atoms with Crippen LogP contribution in [0, 0.1) is 5.82 Å². The molecule has 0 atom stereocenters. The molecular weight excluding hydrogens is 267 g/mol. The molecule has 3 aromatic rings. The molecule has 1 aliphatic carbocycles. The van der Waals surface area contributed by atoms with Crippen LogP contribution in [-0.2, 0) is 6.54 Å². The van der Waals surface area contributed by atoms with Crippen LogP contribution in [0.5, 0.6) is 0 Å². The fraction of sp³-hybridized carbons (Fsp3) is 0.250. The summed E-state index contributed by atoms with van der Waals surface area (Å²) in [6, 6.07) is 11.2. The van der Waals surface area contributed by atoms with Crippen molar-refractivity contribution in [1.29, 1.82) is 0 Å². The number of fused-ring (bicyclic) bond motifs is 1. The van der Waals surface area contributed by atoms with Gasteiger partial charge in [-0.25, -0.2) is 4.39 Å². The molecule has 0 radical (unpaired) electrons. The maximum atomic E-state index is 14.0. The van der Waals surface area contributed by atoms with Crippen LogP contribution in [0.1, 0.15) is 24.7 Å². The lowest BCUT2D eigenvalue weighted by Gasteiger charge is -2.10. The summed E-state index contributed by atoms with van der Waals surface area (Å²) in [5.41, 5.74) is 6.67. The summed E-state index contributed by atoms with van der Waals surface area (Å²) in [6.07, 6.45) is 2.24. The lowest BCUT2D eigenvalue weighted by Crippen LogP contribution is -2.08. The van der Waals surface area contributed by atoms with E-state index in [1.807, 2.05) is 18.2 Å². The average molecular weight is 282 g/mol. The van der Waals surface area contributed by atoms with Crippen molar-refractivity contribution in [2.75, 3.05) is 0 Å². The second kappa shape index (κ2) is 4.63. The van der Waals surface area contributed by atoms with Gasteiger partial charge in [0.1, 0.15) is 11.6 Å². The lowest BCUT2D eigenvalue weighted by molar-refractivity contribution is 0.640. The minimum absolute atomic E-state index is 0.217. The maximum Gasteiger partial charge on any atom is 0.164 e. The summed E-state index contributed by atoms with van der Waals surface area (Å²) < 4.78 is 16.1. The Balaban J connectivity index is 1.99. The lowest BCUT2D eigenvalue weighted by atomic mass is 10.0. The Hall–Kier alpha value is -2.27. The van der Waals surface area contributed by atoms with Crippen molar-refractivity contribution in [3.63, 3.8) is 0 Å². The molecule has 0 bridgehead atoms. The number of hydrogen-bond acceptors (Lipinski definition) is 3. The van der Waals surface area contributed by atoms with Gasteiger partial charge in [-0.15, -0.1) is 10.2 Å². The van der Waals surface area contributed by atoms with Crippen LogP contribution in [0.15, 0.2) is 36.4 Å². The highest BCUT2D eigenvalue weighted by atomic mass is 19.1. The Kier molecular flexibility index (Phi) is 2.75. The van der Waals surface area contributed by atoms with Crippen LogP contribution in [0.2, 0.25) is 0 Å². The molecule has 1 saturated carbocycles. The van der Waals surface area contributed by atoms with E-state index in [2.05, 4.69) is 14.8 Å². The largest absolute Gasteiger partial charge is 0.324 e. The SMILES string of the molecule is NCc1nnc(-c2ccc(F)c3ccccc23)n1C1CC1. The first kappa shape index (κ1) is 12.5. The quantitative estimate of drug-likeness (QED) is 0.803. The van der Waals surface area contributed by atoms with Crippen molar-refractivity contribution < 1.29 is 4.39 Å². The average Bonchev–Trinajstić information content (AvgIpc) is 3.27. The van der Waals surface area contributed by atoms with E-state index in [1.165, 1.54) is 6.07 Å². The molecule has 1 aromatic heterocycles. The molecule has 1 heterocycles.